The van der Waals surface area contributed by atoms with Crippen molar-refractivity contribution in [3.05, 3.63) is 36.7 Å². The SMILES string of the molecule is O=C(COCC1CC1)Nc1ccc(-n2cncn2)c(F)c1. The highest BCUT2D eigenvalue weighted by atomic mass is 19.1. The summed E-state index contributed by atoms with van der Waals surface area (Å²) in [6, 6.07) is 4.39. The zero-order chi connectivity index (χ0) is 14.7. The zero-order valence-corrected chi connectivity index (χ0v) is 11.3. The van der Waals surface area contributed by atoms with Crippen LogP contribution < -0.4 is 5.32 Å². The van der Waals surface area contributed by atoms with Gasteiger partial charge in [0.25, 0.3) is 0 Å². The lowest BCUT2D eigenvalue weighted by Crippen LogP contribution is -2.19. The van der Waals surface area contributed by atoms with E-state index in [0.717, 1.165) is 0 Å². The van der Waals surface area contributed by atoms with E-state index in [0.29, 0.717) is 18.2 Å². The van der Waals surface area contributed by atoms with Crippen molar-refractivity contribution in [2.24, 2.45) is 5.92 Å². The van der Waals surface area contributed by atoms with Crippen LogP contribution in [0.15, 0.2) is 30.9 Å². The van der Waals surface area contributed by atoms with E-state index in [1.165, 1.54) is 42.3 Å². The third-order valence-corrected chi connectivity index (χ3v) is 3.18. The Morgan fingerprint density at radius 1 is 1.48 bits per heavy atom. The van der Waals surface area contributed by atoms with Gasteiger partial charge < -0.3 is 10.1 Å². The third-order valence-electron chi connectivity index (χ3n) is 3.18. The van der Waals surface area contributed by atoms with E-state index in [1.807, 2.05) is 0 Å². The van der Waals surface area contributed by atoms with Gasteiger partial charge in [0.1, 0.15) is 24.9 Å². The second-order valence-corrected chi connectivity index (χ2v) is 5.01. The van der Waals surface area contributed by atoms with Crippen LogP contribution in [0.5, 0.6) is 0 Å². The van der Waals surface area contributed by atoms with Gasteiger partial charge >= 0.3 is 0 Å². The number of benzene rings is 1. The first-order valence-electron chi connectivity index (χ1n) is 6.74. The number of carbonyl (C=O) groups is 1. The van der Waals surface area contributed by atoms with Crippen molar-refractivity contribution in [2.75, 3.05) is 18.5 Å². The summed E-state index contributed by atoms with van der Waals surface area (Å²) in [7, 11) is 0. The molecule has 1 aliphatic carbocycles. The molecule has 1 fully saturated rings. The Morgan fingerprint density at radius 2 is 2.33 bits per heavy atom. The van der Waals surface area contributed by atoms with Gasteiger partial charge in [-0.25, -0.2) is 14.1 Å². The van der Waals surface area contributed by atoms with E-state index in [1.54, 1.807) is 6.07 Å². The van der Waals surface area contributed by atoms with Crippen LogP contribution in [0.2, 0.25) is 0 Å². The van der Waals surface area contributed by atoms with Crippen molar-refractivity contribution < 1.29 is 13.9 Å². The van der Waals surface area contributed by atoms with Crippen molar-refractivity contribution in [3.63, 3.8) is 0 Å². The maximum absolute atomic E-state index is 14.0. The number of hydrogen-bond donors (Lipinski definition) is 1. The van der Waals surface area contributed by atoms with Crippen LogP contribution in [0.3, 0.4) is 0 Å². The molecule has 2 aromatic rings. The average molecular weight is 290 g/mol. The molecular formula is C14H15FN4O2. The molecule has 0 radical (unpaired) electrons. The summed E-state index contributed by atoms with van der Waals surface area (Å²) >= 11 is 0. The van der Waals surface area contributed by atoms with Gasteiger partial charge in [-0.3, -0.25) is 4.79 Å². The standard InChI is InChI=1S/C14H15FN4O2/c15-12-5-11(3-4-13(12)19-9-16-8-17-19)18-14(20)7-21-6-10-1-2-10/h3-5,8-10H,1-2,6-7H2,(H,18,20). The number of hydrogen-bond acceptors (Lipinski definition) is 4. The summed E-state index contributed by atoms with van der Waals surface area (Å²) in [4.78, 5) is 15.4. The van der Waals surface area contributed by atoms with Crippen LogP contribution in [-0.4, -0.2) is 33.9 Å². The fraction of sp³-hybridized carbons (Fsp3) is 0.357. The first-order valence-corrected chi connectivity index (χ1v) is 6.74. The van der Waals surface area contributed by atoms with Crippen molar-refractivity contribution in [1.82, 2.24) is 14.8 Å². The predicted molar refractivity (Wildman–Crippen MR) is 73.5 cm³/mol. The summed E-state index contributed by atoms with van der Waals surface area (Å²) in [5.41, 5.74) is 0.659. The highest BCUT2D eigenvalue weighted by Crippen LogP contribution is 2.28. The lowest BCUT2D eigenvalue weighted by atomic mass is 10.2. The molecule has 7 heteroatoms. The van der Waals surface area contributed by atoms with Gasteiger partial charge in [-0.1, -0.05) is 0 Å². The molecule has 1 aromatic carbocycles. The minimum absolute atomic E-state index is 0.0110. The van der Waals surface area contributed by atoms with Crippen molar-refractivity contribution in [1.29, 1.82) is 0 Å². The minimum atomic E-state index is -0.489. The number of rotatable bonds is 6. The quantitative estimate of drug-likeness (QED) is 0.880. The largest absolute Gasteiger partial charge is 0.371 e. The Kier molecular flexibility index (Phi) is 3.92. The van der Waals surface area contributed by atoms with E-state index in [2.05, 4.69) is 15.4 Å². The number of carbonyl (C=O) groups excluding carboxylic acids is 1. The Bertz CT molecular complexity index is 626. The first-order chi connectivity index (χ1) is 10.2. The van der Waals surface area contributed by atoms with Gasteiger partial charge in [-0.05, 0) is 37.0 Å². The highest BCUT2D eigenvalue weighted by molar-refractivity contribution is 5.91. The summed E-state index contributed by atoms with van der Waals surface area (Å²) in [5.74, 6) is -0.169. The maximum atomic E-state index is 14.0. The number of ether oxygens (including phenoxy) is 1. The van der Waals surface area contributed by atoms with Gasteiger partial charge in [-0.15, -0.1) is 0 Å². The van der Waals surface area contributed by atoms with E-state index in [-0.39, 0.29) is 18.2 Å². The van der Waals surface area contributed by atoms with Crippen LogP contribution in [0, 0.1) is 11.7 Å². The molecule has 0 spiro atoms. The van der Waals surface area contributed by atoms with Gasteiger partial charge in [0.05, 0.1) is 6.61 Å². The van der Waals surface area contributed by atoms with Gasteiger partial charge in [0.2, 0.25) is 5.91 Å². The molecule has 1 heterocycles. The Labute approximate surface area is 120 Å². The average Bonchev–Trinajstić information content (AvgIpc) is 3.11. The molecule has 6 nitrogen and oxygen atoms in total. The molecule has 1 amide bonds. The lowest BCUT2D eigenvalue weighted by molar-refractivity contribution is -0.120. The Hall–Kier alpha value is -2.28. The molecular weight excluding hydrogens is 275 g/mol. The monoisotopic (exact) mass is 290 g/mol. The molecule has 3 rings (SSSR count). The number of aromatic nitrogens is 3. The van der Waals surface area contributed by atoms with Gasteiger partial charge in [0.15, 0.2) is 5.82 Å². The van der Waals surface area contributed by atoms with Crippen LogP contribution in [-0.2, 0) is 9.53 Å². The summed E-state index contributed by atoms with van der Waals surface area (Å²) < 4.78 is 20.6. The van der Waals surface area contributed by atoms with Crippen LogP contribution in [0.1, 0.15) is 12.8 Å². The molecule has 1 aliphatic rings. The molecule has 21 heavy (non-hydrogen) atoms. The van der Waals surface area contributed by atoms with E-state index >= 15 is 0 Å². The molecule has 1 aromatic heterocycles. The molecule has 0 saturated heterocycles. The Balaban J connectivity index is 1.58. The molecule has 0 bridgehead atoms. The fourth-order valence-electron chi connectivity index (χ4n) is 1.90. The fourth-order valence-corrected chi connectivity index (χ4v) is 1.90. The minimum Gasteiger partial charge on any atom is -0.371 e. The number of amides is 1. The maximum Gasteiger partial charge on any atom is 0.250 e. The van der Waals surface area contributed by atoms with E-state index in [9.17, 15) is 9.18 Å². The predicted octanol–water partition coefficient (Wildman–Crippen LogP) is 1.77. The molecule has 1 saturated carbocycles. The zero-order valence-electron chi connectivity index (χ0n) is 11.3. The van der Waals surface area contributed by atoms with E-state index < -0.39 is 5.82 Å². The van der Waals surface area contributed by atoms with Crippen LogP contribution in [0.4, 0.5) is 10.1 Å². The number of nitrogens with zero attached hydrogens (tertiary/aromatic N) is 3. The molecule has 110 valence electrons. The van der Waals surface area contributed by atoms with Gasteiger partial charge in [0, 0.05) is 5.69 Å². The van der Waals surface area contributed by atoms with Crippen LogP contribution in [0.25, 0.3) is 5.69 Å². The number of anilines is 1. The molecule has 1 N–H and O–H groups in total. The van der Waals surface area contributed by atoms with Crippen molar-refractivity contribution in [2.45, 2.75) is 12.8 Å². The second-order valence-electron chi connectivity index (χ2n) is 5.01. The lowest BCUT2D eigenvalue weighted by Gasteiger charge is -2.08. The summed E-state index contributed by atoms with van der Waals surface area (Å²) in [5, 5.41) is 6.46. The first kappa shape index (κ1) is 13.7. The van der Waals surface area contributed by atoms with Crippen molar-refractivity contribution >= 4 is 11.6 Å². The highest BCUT2D eigenvalue weighted by Gasteiger charge is 2.21. The Morgan fingerprint density at radius 3 is 3.00 bits per heavy atom. The summed E-state index contributed by atoms with van der Waals surface area (Å²) in [6.45, 7) is 0.607. The third kappa shape index (κ3) is 3.63. The summed E-state index contributed by atoms with van der Waals surface area (Å²) in [6.07, 6.45) is 5.09. The molecule has 0 aliphatic heterocycles. The normalized spacial score (nSPS) is 14.1. The van der Waals surface area contributed by atoms with Crippen molar-refractivity contribution in [3.8, 4) is 5.69 Å². The topological polar surface area (TPSA) is 69.0 Å². The number of halogens is 1. The number of nitrogens with one attached hydrogen (secondary N) is 1. The molecule has 0 atom stereocenters. The van der Waals surface area contributed by atoms with Gasteiger partial charge in [-0.2, -0.15) is 5.10 Å². The van der Waals surface area contributed by atoms with E-state index in [4.69, 9.17) is 4.74 Å². The smallest absolute Gasteiger partial charge is 0.250 e. The second kappa shape index (κ2) is 6.01. The molecule has 0 unspecified atom stereocenters. The van der Waals surface area contributed by atoms with Crippen LogP contribution >= 0.6 is 0 Å².